The summed E-state index contributed by atoms with van der Waals surface area (Å²) in [5, 5.41) is 43.8. The maximum atomic E-state index is 13.9. The lowest BCUT2D eigenvalue weighted by molar-refractivity contribution is -0.143. The molecule has 0 aliphatic rings. The fourth-order valence-corrected chi connectivity index (χ4v) is 5.85. The van der Waals surface area contributed by atoms with Gasteiger partial charge in [0.15, 0.2) is 0 Å². The zero-order valence-corrected chi connectivity index (χ0v) is 34.7. The molecule has 0 fully saturated rings. The number of imidazole rings is 1. The van der Waals surface area contributed by atoms with E-state index in [2.05, 4.69) is 41.9 Å². The lowest BCUT2D eigenvalue weighted by atomic mass is 10.0. The number of amides is 7. The van der Waals surface area contributed by atoms with Gasteiger partial charge in [0.25, 0.3) is 0 Å². The van der Waals surface area contributed by atoms with Gasteiger partial charge in [0, 0.05) is 19.0 Å². The maximum Gasteiger partial charge on any atom is 0.326 e. The van der Waals surface area contributed by atoms with Crippen molar-refractivity contribution < 1.29 is 58.5 Å². The number of primary amides is 1. The Bertz CT molecular complexity index is 1610. The van der Waals surface area contributed by atoms with E-state index in [0.717, 1.165) is 0 Å². The molecule has 0 bridgehead atoms. The van der Waals surface area contributed by atoms with Crippen LogP contribution in [0.3, 0.4) is 0 Å². The van der Waals surface area contributed by atoms with Gasteiger partial charge in [-0.15, -0.1) is 0 Å². The second-order valence-electron chi connectivity index (χ2n) is 15.4. The number of rotatable bonds is 29. The van der Waals surface area contributed by atoms with Crippen molar-refractivity contribution in [1.29, 1.82) is 0 Å². The SMILES string of the molecule is CC(C)C[C@H](NC(=O)[C@@H](NC(=O)[C@H](CCCCN)NC(=O)[C@H](CCC(=O)O)NC(=O)[C@H](Cc1c[nH]cn1)NC(=O)[C@H](CC(N)=O)NC(=O)[C@@H](N)CC(C)C)[C@@H](C)O)C(=O)O. The molecule has 0 saturated heterocycles. The summed E-state index contributed by atoms with van der Waals surface area (Å²) in [6, 6.07) is -10.2. The fourth-order valence-electron chi connectivity index (χ4n) is 5.85. The van der Waals surface area contributed by atoms with Crippen molar-refractivity contribution in [2.24, 2.45) is 29.0 Å². The molecule has 0 aliphatic heterocycles. The minimum atomic E-state index is -1.66. The molecule has 1 aromatic rings. The predicted octanol–water partition coefficient (Wildman–Crippen LogP) is -3.38. The molecule has 1 heterocycles. The summed E-state index contributed by atoms with van der Waals surface area (Å²) >= 11 is 0. The Morgan fingerprint density at radius 2 is 1.20 bits per heavy atom. The van der Waals surface area contributed by atoms with Crippen LogP contribution in [-0.4, -0.2) is 134 Å². The maximum absolute atomic E-state index is 13.9. The normalized spacial score (nSPS) is 15.2. The number of nitrogens with zero attached hydrogens (tertiary/aromatic N) is 1. The van der Waals surface area contributed by atoms with Gasteiger partial charge in [0.1, 0.15) is 36.3 Å². The number of aliphatic carboxylic acids is 2. The summed E-state index contributed by atoms with van der Waals surface area (Å²) in [5.74, 6) is -9.59. The Labute approximate surface area is 347 Å². The summed E-state index contributed by atoms with van der Waals surface area (Å²) in [6.07, 6.45) is -0.0640. The Morgan fingerprint density at radius 1 is 0.683 bits per heavy atom. The second kappa shape index (κ2) is 26.4. The number of aromatic nitrogens is 2. The van der Waals surface area contributed by atoms with E-state index >= 15 is 0 Å². The third kappa shape index (κ3) is 19.8. The number of aliphatic hydroxyl groups is 1. The third-order valence-electron chi connectivity index (χ3n) is 8.95. The van der Waals surface area contributed by atoms with Crippen molar-refractivity contribution in [2.45, 2.75) is 141 Å². The highest BCUT2D eigenvalue weighted by Crippen LogP contribution is 2.10. The number of nitrogens with one attached hydrogen (secondary N) is 7. The van der Waals surface area contributed by atoms with E-state index < -0.39 is 121 Å². The van der Waals surface area contributed by atoms with E-state index in [9.17, 15) is 58.5 Å². The molecule has 0 saturated carbocycles. The molecule has 0 radical (unpaired) electrons. The molecule has 60 heavy (non-hydrogen) atoms. The van der Waals surface area contributed by atoms with Gasteiger partial charge in [-0.2, -0.15) is 0 Å². The van der Waals surface area contributed by atoms with Crippen LogP contribution in [0.5, 0.6) is 0 Å². The van der Waals surface area contributed by atoms with Crippen LogP contribution in [-0.2, 0) is 49.6 Å². The molecule has 23 heteroatoms. The van der Waals surface area contributed by atoms with Gasteiger partial charge < -0.3 is 69.4 Å². The van der Waals surface area contributed by atoms with E-state index in [1.807, 2.05) is 13.8 Å². The molecular weight excluding hydrogens is 790 g/mol. The number of carbonyl (C=O) groups is 9. The van der Waals surface area contributed by atoms with Gasteiger partial charge in [-0.1, -0.05) is 27.7 Å². The van der Waals surface area contributed by atoms with Crippen molar-refractivity contribution in [2.75, 3.05) is 6.54 Å². The minimum Gasteiger partial charge on any atom is -0.481 e. The number of H-pyrrole nitrogens is 1. The van der Waals surface area contributed by atoms with E-state index in [-0.39, 0.29) is 56.2 Å². The molecule has 0 spiro atoms. The first-order chi connectivity index (χ1) is 28.0. The Morgan fingerprint density at radius 3 is 1.70 bits per heavy atom. The van der Waals surface area contributed by atoms with Crippen LogP contribution in [0.25, 0.3) is 0 Å². The van der Waals surface area contributed by atoms with Crippen LogP contribution in [0.1, 0.15) is 91.7 Å². The highest BCUT2D eigenvalue weighted by atomic mass is 16.4. The van der Waals surface area contributed by atoms with Crippen LogP contribution in [0, 0.1) is 11.8 Å². The molecule has 8 atom stereocenters. The fraction of sp³-hybridized carbons (Fsp3) is 0.676. The van der Waals surface area contributed by atoms with Crippen molar-refractivity contribution >= 4 is 53.3 Å². The molecule has 0 aromatic carbocycles. The number of carboxylic acid groups (broad SMARTS) is 2. The van der Waals surface area contributed by atoms with Gasteiger partial charge in [-0.3, -0.25) is 38.4 Å². The van der Waals surface area contributed by atoms with E-state index in [1.54, 1.807) is 13.8 Å². The molecule has 0 aliphatic carbocycles. The second-order valence-corrected chi connectivity index (χ2v) is 15.4. The first-order valence-corrected chi connectivity index (χ1v) is 19.7. The van der Waals surface area contributed by atoms with Gasteiger partial charge in [-0.05, 0) is 63.8 Å². The minimum absolute atomic E-state index is 0.0126. The quantitative estimate of drug-likeness (QED) is 0.0350. The van der Waals surface area contributed by atoms with Crippen LogP contribution in [0.15, 0.2) is 12.5 Å². The Kier molecular flexibility index (Phi) is 23.1. The summed E-state index contributed by atoms with van der Waals surface area (Å²) in [5.41, 5.74) is 17.2. The summed E-state index contributed by atoms with van der Waals surface area (Å²) in [6.45, 7) is 8.52. The Balaban J connectivity index is 3.44. The average molecular weight is 854 g/mol. The zero-order valence-electron chi connectivity index (χ0n) is 34.7. The number of hydrogen-bond donors (Lipinski definition) is 13. The first kappa shape index (κ1) is 52.3. The topological polar surface area (TPSA) is 393 Å². The van der Waals surface area contributed by atoms with Crippen molar-refractivity contribution in [3.63, 3.8) is 0 Å². The molecular formula is C37H63N11O12. The van der Waals surface area contributed by atoms with Crippen molar-refractivity contribution in [3.05, 3.63) is 18.2 Å². The highest BCUT2D eigenvalue weighted by Gasteiger charge is 2.35. The van der Waals surface area contributed by atoms with E-state index in [0.29, 0.717) is 6.42 Å². The van der Waals surface area contributed by atoms with Gasteiger partial charge in [-0.25, -0.2) is 9.78 Å². The molecule has 16 N–H and O–H groups in total. The number of carbonyl (C=O) groups excluding carboxylic acids is 7. The molecule has 23 nitrogen and oxygen atoms in total. The van der Waals surface area contributed by atoms with E-state index in [1.165, 1.54) is 19.4 Å². The highest BCUT2D eigenvalue weighted by molar-refractivity contribution is 5.98. The molecule has 1 rings (SSSR count). The predicted molar refractivity (Wildman–Crippen MR) is 214 cm³/mol. The lowest BCUT2D eigenvalue weighted by Crippen LogP contribution is -2.61. The number of hydrogen-bond acceptors (Lipinski definition) is 13. The summed E-state index contributed by atoms with van der Waals surface area (Å²) < 4.78 is 0. The van der Waals surface area contributed by atoms with Gasteiger partial charge in [0.05, 0.1) is 30.6 Å². The number of aromatic amines is 1. The molecule has 338 valence electrons. The zero-order chi connectivity index (χ0) is 45.7. The first-order valence-electron chi connectivity index (χ1n) is 19.7. The lowest BCUT2D eigenvalue weighted by Gasteiger charge is -2.28. The van der Waals surface area contributed by atoms with Crippen LogP contribution < -0.4 is 49.1 Å². The standard InChI is InChI=1S/C37H63N11O12/c1-18(2)12-22(39)31(53)45-26(15-28(40)50)35(57)46-25(14-21-16-41-17-42-21)34(56)44-24(9-10-29(51)52)32(54)43-23(8-6-7-11-38)33(55)48-30(20(5)49)36(58)47-27(37(59)60)13-19(3)4/h16-20,22-27,30,49H,6-15,38-39H2,1-5H3,(H2,40,50)(H,41,42)(H,43,54)(H,44,56)(H,45,53)(H,46,57)(H,47,58)(H,48,55)(H,51,52)(H,59,60)/t20-,22+,23+,24+,25+,26+,27+,30+/m1/s1. The van der Waals surface area contributed by atoms with Crippen LogP contribution in [0.4, 0.5) is 0 Å². The Hall–Kier alpha value is -5.68. The van der Waals surface area contributed by atoms with Gasteiger partial charge >= 0.3 is 11.9 Å². The number of carboxylic acids is 2. The van der Waals surface area contributed by atoms with Crippen molar-refractivity contribution in [1.82, 2.24) is 41.9 Å². The molecule has 7 amide bonds. The largest absolute Gasteiger partial charge is 0.481 e. The monoisotopic (exact) mass is 853 g/mol. The molecule has 1 aromatic heterocycles. The molecule has 0 unspecified atom stereocenters. The van der Waals surface area contributed by atoms with Crippen LogP contribution >= 0.6 is 0 Å². The number of unbranched alkanes of at least 4 members (excludes halogenated alkanes) is 1. The number of aliphatic hydroxyl groups excluding tert-OH is 1. The van der Waals surface area contributed by atoms with Crippen LogP contribution in [0.2, 0.25) is 0 Å². The van der Waals surface area contributed by atoms with Gasteiger partial charge in [0.2, 0.25) is 41.4 Å². The number of nitrogens with two attached hydrogens (primary N) is 3. The van der Waals surface area contributed by atoms with E-state index in [4.69, 9.17) is 17.2 Å². The third-order valence-corrected chi connectivity index (χ3v) is 8.95. The average Bonchev–Trinajstić information content (AvgIpc) is 3.66. The summed E-state index contributed by atoms with van der Waals surface area (Å²) in [4.78, 5) is 123. The van der Waals surface area contributed by atoms with Crippen molar-refractivity contribution in [3.8, 4) is 0 Å². The smallest absolute Gasteiger partial charge is 0.326 e. The summed E-state index contributed by atoms with van der Waals surface area (Å²) in [7, 11) is 0.